The lowest BCUT2D eigenvalue weighted by Gasteiger charge is -2.28. The predicted octanol–water partition coefficient (Wildman–Crippen LogP) is 4.07. The molecule has 0 bridgehead atoms. The molecule has 32 heavy (non-hydrogen) atoms. The minimum absolute atomic E-state index is 0.101. The Morgan fingerprint density at radius 1 is 1.00 bits per heavy atom. The summed E-state index contributed by atoms with van der Waals surface area (Å²) in [6.45, 7) is 4.45. The number of para-hydroxylation sites is 1. The van der Waals surface area contributed by atoms with Crippen LogP contribution in [-0.4, -0.2) is 31.8 Å². The maximum Gasteiger partial charge on any atom is 0.262 e. The molecule has 1 N–H and O–H groups in total. The highest BCUT2D eigenvalue weighted by molar-refractivity contribution is 7.89. The Hall–Kier alpha value is -3.16. The Kier molecular flexibility index (Phi) is 6.30. The molecule has 0 saturated heterocycles. The van der Waals surface area contributed by atoms with Crippen molar-refractivity contribution in [2.45, 2.75) is 31.7 Å². The van der Waals surface area contributed by atoms with E-state index < -0.39 is 10.0 Å². The van der Waals surface area contributed by atoms with E-state index in [0.717, 1.165) is 22.3 Å². The lowest BCUT2D eigenvalue weighted by molar-refractivity contribution is -0.118. The van der Waals surface area contributed by atoms with Gasteiger partial charge in [0, 0.05) is 18.8 Å². The first-order valence-corrected chi connectivity index (χ1v) is 11.9. The van der Waals surface area contributed by atoms with Crippen LogP contribution < -0.4 is 10.1 Å². The number of ether oxygens (including phenoxy) is 1. The molecule has 1 amide bonds. The van der Waals surface area contributed by atoms with Crippen LogP contribution in [0.2, 0.25) is 0 Å². The molecule has 6 nitrogen and oxygen atoms in total. The number of aryl methyl sites for hydroxylation is 2. The zero-order valence-corrected chi connectivity index (χ0v) is 19.0. The minimum atomic E-state index is -3.57. The van der Waals surface area contributed by atoms with Gasteiger partial charge in [0.15, 0.2) is 6.61 Å². The largest absolute Gasteiger partial charge is 0.483 e. The summed E-state index contributed by atoms with van der Waals surface area (Å²) >= 11 is 0. The van der Waals surface area contributed by atoms with Gasteiger partial charge in [-0.05, 0) is 67.3 Å². The number of carbonyl (C=O) groups excluding carboxylic acids is 1. The molecule has 7 heteroatoms. The third kappa shape index (κ3) is 4.84. The number of amides is 1. The average Bonchev–Trinajstić information content (AvgIpc) is 2.78. The van der Waals surface area contributed by atoms with Gasteiger partial charge in [0.05, 0.1) is 4.90 Å². The molecule has 0 saturated carbocycles. The van der Waals surface area contributed by atoms with E-state index in [2.05, 4.69) is 5.32 Å². The monoisotopic (exact) mass is 450 g/mol. The lowest BCUT2D eigenvalue weighted by Crippen LogP contribution is -2.36. The zero-order chi connectivity index (χ0) is 22.7. The molecule has 166 valence electrons. The van der Waals surface area contributed by atoms with Crippen molar-refractivity contribution in [3.63, 3.8) is 0 Å². The first-order valence-electron chi connectivity index (χ1n) is 10.5. The van der Waals surface area contributed by atoms with E-state index in [1.54, 1.807) is 24.3 Å². The van der Waals surface area contributed by atoms with E-state index >= 15 is 0 Å². The summed E-state index contributed by atoms with van der Waals surface area (Å²) in [5, 5.41) is 2.84. The van der Waals surface area contributed by atoms with Crippen LogP contribution in [0.15, 0.2) is 71.6 Å². The molecule has 3 aromatic carbocycles. The van der Waals surface area contributed by atoms with Crippen LogP contribution in [-0.2, 0) is 27.8 Å². The molecule has 3 aromatic rings. The highest BCUT2D eigenvalue weighted by Gasteiger charge is 2.28. The molecule has 0 unspecified atom stereocenters. The van der Waals surface area contributed by atoms with Crippen LogP contribution in [0.4, 0.5) is 5.69 Å². The van der Waals surface area contributed by atoms with E-state index in [9.17, 15) is 13.2 Å². The van der Waals surface area contributed by atoms with Gasteiger partial charge in [0.1, 0.15) is 5.75 Å². The Balaban J connectivity index is 1.44. The van der Waals surface area contributed by atoms with Gasteiger partial charge in [0.2, 0.25) is 10.0 Å². The molecule has 0 atom stereocenters. The second-order valence-electron chi connectivity index (χ2n) is 7.99. The van der Waals surface area contributed by atoms with Crippen molar-refractivity contribution in [3.05, 3.63) is 89.0 Å². The van der Waals surface area contributed by atoms with Gasteiger partial charge < -0.3 is 10.1 Å². The fourth-order valence-corrected chi connectivity index (χ4v) is 5.15. The standard InChI is InChI=1S/C25H26N2O4S/c1-18-7-11-23(12-8-18)32(29,30)27-14-13-20-9-10-22(15-21(20)16-27)26-25(28)17-31-24-6-4-3-5-19(24)2/h3-12,15H,13-14,16-17H2,1-2H3,(H,26,28). The summed E-state index contributed by atoms with van der Waals surface area (Å²) in [6, 6.07) is 20.1. The summed E-state index contributed by atoms with van der Waals surface area (Å²) in [5.41, 5.74) is 4.58. The minimum Gasteiger partial charge on any atom is -0.483 e. The highest BCUT2D eigenvalue weighted by Crippen LogP contribution is 2.27. The number of benzene rings is 3. The molecule has 0 spiro atoms. The lowest BCUT2D eigenvalue weighted by atomic mass is 10.0. The van der Waals surface area contributed by atoms with Crippen LogP contribution in [0.25, 0.3) is 0 Å². The normalized spacial score (nSPS) is 13.9. The molecule has 0 radical (unpaired) electrons. The number of sulfonamides is 1. The van der Waals surface area contributed by atoms with Gasteiger partial charge in [-0.25, -0.2) is 8.42 Å². The van der Waals surface area contributed by atoms with Crippen LogP contribution >= 0.6 is 0 Å². The van der Waals surface area contributed by atoms with Crippen LogP contribution in [0, 0.1) is 13.8 Å². The first kappa shape index (κ1) is 22.0. The van der Waals surface area contributed by atoms with Crippen molar-refractivity contribution in [1.82, 2.24) is 4.31 Å². The predicted molar refractivity (Wildman–Crippen MR) is 124 cm³/mol. The van der Waals surface area contributed by atoms with Crippen LogP contribution in [0.3, 0.4) is 0 Å². The molecule has 0 aliphatic carbocycles. The van der Waals surface area contributed by atoms with E-state index in [1.807, 2.05) is 56.3 Å². The van der Waals surface area contributed by atoms with Crippen molar-refractivity contribution in [1.29, 1.82) is 0 Å². The fraction of sp³-hybridized carbons (Fsp3) is 0.240. The summed E-state index contributed by atoms with van der Waals surface area (Å²) in [7, 11) is -3.57. The number of rotatable bonds is 6. The second-order valence-corrected chi connectivity index (χ2v) is 9.93. The quantitative estimate of drug-likeness (QED) is 0.614. The SMILES string of the molecule is Cc1ccc(S(=O)(=O)N2CCc3ccc(NC(=O)COc4ccccc4C)cc3C2)cc1. The number of hydrogen-bond acceptors (Lipinski definition) is 4. The maximum absolute atomic E-state index is 13.1. The number of fused-ring (bicyclic) bond motifs is 1. The first-order chi connectivity index (χ1) is 15.3. The Morgan fingerprint density at radius 2 is 1.75 bits per heavy atom. The number of nitrogens with zero attached hydrogens (tertiary/aromatic N) is 1. The van der Waals surface area contributed by atoms with Gasteiger partial charge >= 0.3 is 0 Å². The van der Waals surface area contributed by atoms with E-state index in [4.69, 9.17) is 4.74 Å². The molecule has 0 aromatic heterocycles. The molecule has 1 aliphatic rings. The molecule has 1 heterocycles. The third-order valence-electron chi connectivity index (χ3n) is 5.58. The smallest absolute Gasteiger partial charge is 0.262 e. The third-order valence-corrected chi connectivity index (χ3v) is 7.44. The summed E-state index contributed by atoms with van der Waals surface area (Å²) in [6.07, 6.45) is 0.630. The van der Waals surface area contributed by atoms with Crippen molar-refractivity contribution in [2.75, 3.05) is 18.5 Å². The Bertz CT molecular complexity index is 1240. The highest BCUT2D eigenvalue weighted by atomic mass is 32.2. The Morgan fingerprint density at radius 3 is 2.50 bits per heavy atom. The molecular formula is C25H26N2O4S. The van der Waals surface area contributed by atoms with E-state index in [1.165, 1.54) is 4.31 Å². The van der Waals surface area contributed by atoms with Crippen LogP contribution in [0.5, 0.6) is 5.75 Å². The molecule has 0 fully saturated rings. The summed E-state index contributed by atoms with van der Waals surface area (Å²) in [4.78, 5) is 12.7. The number of hydrogen-bond donors (Lipinski definition) is 1. The molecule has 1 aliphatic heterocycles. The van der Waals surface area contributed by atoms with Crippen molar-refractivity contribution < 1.29 is 17.9 Å². The zero-order valence-electron chi connectivity index (χ0n) is 18.2. The van der Waals surface area contributed by atoms with Gasteiger partial charge in [-0.1, -0.05) is 42.0 Å². The van der Waals surface area contributed by atoms with Crippen molar-refractivity contribution in [3.8, 4) is 5.75 Å². The topological polar surface area (TPSA) is 75.7 Å². The van der Waals surface area contributed by atoms with Gasteiger partial charge in [0.25, 0.3) is 5.91 Å². The average molecular weight is 451 g/mol. The van der Waals surface area contributed by atoms with Crippen LogP contribution in [0.1, 0.15) is 22.3 Å². The van der Waals surface area contributed by atoms with Crippen molar-refractivity contribution >= 4 is 21.6 Å². The molecular weight excluding hydrogens is 424 g/mol. The van der Waals surface area contributed by atoms with Gasteiger partial charge in [-0.3, -0.25) is 4.79 Å². The maximum atomic E-state index is 13.1. The number of carbonyl (C=O) groups is 1. The van der Waals surface area contributed by atoms with Gasteiger partial charge in [-0.2, -0.15) is 4.31 Å². The number of nitrogens with one attached hydrogen (secondary N) is 1. The van der Waals surface area contributed by atoms with E-state index in [0.29, 0.717) is 29.3 Å². The van der Waals surface area contributed by atoms with Crippen molar-refractivity contribution in [2.24, 2.45) is 0 Å². The Labute approximate surface area is 188 Å². The van der Waals surface area contributed by atoms with E-state index in [-0.39, 0.29) is 19.1 Å². The summed E-state index contributed by atoms with van der Waals surface area (Å²) in [5.74, 6) is 0.401. The second kappa shape index (κ2) is 9.14. The summed E-state index contributed by atoms with van der Waals surface area (Å²) < 4.78 is 33.2. The fourth-order valence-electron chi connectivity index (χ4n) is 3.73. The number of anilines is 1. The molecule has 4 rings (SSSR count). The van der Waals surface area contributed by atoms with Gasteiger partial charge in [-0.15, -0.1) is 0 Å².